The van der Waals surface area contributed by atoms with Crippen molar-refractivity contribution in [3.8, 4) is 5.75 Å². The van der Waals surface area contributed by atoms with Crippen LogP contribution in [0.3, 0.4) is 0 Å². The van der Waals surface area contributed by atoms with Gasteiger partial charge >= 0.3 is 12.0 Å². The first-order valence-electron chi connectivity index (χ1n) is 10.1. The summed E-state index contributed by atoms with van der Waals surface area (Å²) < 4.78 is 6.39. The summed E-state index contributed by atoms with van der Waals surface area (Å²) >= 11 is 3.43. The molecule has 0 aromatic heterocycles. The average molecular weight is 473 g/mol. The van der Waals surface area contributed by atoms with Crippen molar-refractivity contribution in [2.24, 2.45) is 11.3 Å². The lowest BCUT2D eigenvalue weighted by atomic mass is 9.64. The van der Waals surface area contributed by atoms with Crippen molar-refractivity contribution >= 4 is 44.6 Å². The van der Waals surface area contributed by atoms with Crippen LogP contribution in [0.1, 0.15) is 40.0 Å². The number of halogens is 1. The van der Waals surface area contributed by atoms with E-state index in [9.17, 15) is 14.4 Å². The second kappa shape index (κ2) is 7.38. The molecule has 7 heteroatoms. The van der Waals surface area contributed by atoms with Gasteiger partial charge in [0.25, 0.3) is 5.91 Å². The molecule has 3 amide bonds. The van der Waals surface area contributed by atoms with E-state index in [-0.39, 0.29) is 11.3 Å². The smallest absolute Gasteiger partial charge is 0.331 e. The van der Waals surface area contributed by atoms with Crippen LogP contribution in [0.4, 0.5) is 4.79 Å². The van der Waals surface area contributed by atoms with Gasteiger partial charge in [-0.25, -0.2) is 9.59 Å². The second-order valence-electron chi connectivity index (χ2n) is 9.39. The molecule has 1 aliphatic carbocycles. The SMILES string of the molecule is CC1CC(C)(C)CC2(C1)NC(=O)N(CC(=O)Oc1ccc3cc(Br)ccc3c1)C2=O. The molecule has 1 spiro atoms. The fraction of sp³-hybridized carbons (Fsp3) is 0.435. The molecule has 4 rings (SSSR count). The van der Waals surface area contributed by atoms with Crippen LogP contribution in [0.15, 0.2) is 40.9 Å². The van der Waals surface area contributed by atoms with Crippen molar-refractivity contribution in [3.63, 3.8) is 0 Å². The topological polar surface area (TPSA) is 75.7 Å². The van der Waals surface area contributed by atoms with Gasteiger partial charge in [0.15, 0.2) is 0 Å². The zero-order valence-electron chi connectivity index (χ0n) is 17.3. The van der Waals surface area contributed by atoms with Gasteiger partial charge in [-0.3, -0.25) is 9.69 Å². The number of nitrogens with one attached hydrogen (secondary N) is 1. The standard InChI is InChI=1S/C23H25BrN2O4/c1-14-10-22(2,3)13-23(11-14)20(28)26(21(29)25-23)12-19(27)30-18-7-5-15-8-17(24)6-4-16(15)9-18/h4-9,14H,10-13H2,1-3H3,(H,25,29). The van der Waals surface area contributed by atoms with Gasteiger partial charge in [-0.1, -0.05) is 48.8 Å². The highest BCUT2D eigenvalue weighted by atomic mass is 79.9. The number of rotatable bonds is 3. The Morgan fingerprint density at radius 3 is 2.60 bits per heavy atom. The molecule has 2 aliphatic rings. The molecular weight excluding hydrogens is 448 g/mol. The Kier molecular flexibility index (Phi) is 5.12. The number of amides is 3. The summed E-state index contributed by atoms with van der Waals surface area (Å²) in [6, 6.07) is 10.6. The van der Waals surface area contributed by atoms with E-state index in [1.807, 2.05) is 24.3 Å². The van der Waals surface area contributed by atoms with Crippen LogP contribution in [0.5, 0.6) is 5.75 Å². The van der Waals surface area contributed by atoms with Gasteiger partial charge in [0.1, 0.15) is 17.8 Å². The first-order chi connectivity index (χ1) is 14.1. The summed E-state index contributed by atoms with van der Waals surface area (Å²) in [4.78, 5) is 39.2. The second-order valence-corrected chi connectivity index (χ2v) is 10.3. The lowest BCUT2D eigenvalue weighted by Gasteiger charge is -2.43. The minimum absolute atomic E-state index is 0.0583. The number of nitrogens with zero attached hydrogens (tertiary/aromatic N) is 1. The number of urea groups is 1. The molecule has 0 bridgehead atoms. The Balaban J connectivity index is 1.47. The Hall–Kier alpha value is -2.41. The molecule has 2 atom stereocenters. The highest BCUT2D eigenvalue weighted by molar-refractivity contribution is 9.10. The van der Waals surface area contributed by atoms with Crippen LogP contribution in [-0.4, -0.2) is 34.9 Å². The van der Waals surface area contributed by atoms with Gasteiger partial charge in [0, 0.05) is 4.47 Å². The van der Waals surface area contributed by atoms with Crippen LogP contribution in [0, 0.1) is 11.3 Å². The summed E-state index contributed by atoms with van der Waals surface area (Å²) in [6.45, 7) is 5.91. The van der Waals surface area contributed by atoms with Gasteiger partial charge < -0.3 is 10.1 Å². The van der Waals surface area contributed by atoms with Crippen LogP contribution in [0.2, 0.25) is 0 Å². The molecule has 0 radical (unpaired) electrons. The van der Waals surface area contributed by atoms with Crippen molar-refractivity contribution < 1.29 is 19.1 Å². The van der Waals surface area contributed by atoms with Crippen LogP contribution < -0.4 is 10.1 Å². The van der Waals surface area contributed by atoms with Crippen molar-refractivity contribution in [3.05, 3.63) is 40.9 Å². The van der Waals surface area contributed by atoms with E-state index in [1.165, 1.54) is 0 Å². The molecule has 2 fully saturated rings. The average Bonchev–Trinajstić information content (AvgIpc) is 2.83. The maximum absolute atomic E-state index is 13.2. The van der Waals surface area contributed by atoms with Gasteiger partial charge in [0.2, 0.25) is 0 Å². The molecule has 2 unspecified atom stereocenters. The number of fused-ring (bicyclic) bond motifs is 1. The fourth-order valence-electron chi connectivity index (χ4n) is 5.20. The molecule has 2 aromatic carbocycles. The maximum atomic E-state index is 13.2. The number of carbonyl (C=O) groups is 3. The molecule has 1 N–H and O–H groups in total. The van der Waals surface area contributed by atoms with E-state index in [0.717, 1.165) is 26.6 Å². The first-order valence-corrected chi connectivity index (χ1v) is 10.9. The Bertz CT molecular complexity index is 1050. The number of imide groups is 1. The zero-order chi connectivity index (χ0) is 21.7. The predicted molar refractivity (Wildman–Crippen MR) is 117 cm³/mol. The maximum Gasteiger partial charge on any atom is 0.331 e. The molecule has 158 valence electrons. The Labute approximate surface area is 184 Å². The van der Waals surface area contributed by atoms with Crippen molar-refractivity contribution in [1.82, 2.24) is 10.2 Å². The minimum Gasteiger partial charge on any atom is -0.425 e. The van der Waals surface area contributed by atoms with Crippen LogP contribution >= 0.6 is 15.9 Å². The third kappa shape index (κ3) is 3.95. The van der Waals surface area contributed by atoms with E-state index < -0.39 is 24.1 Å². The van der Waals surface area contributed by atoms with E-state index in [0.29, 0.717) is 24.5 Å². The van der Waals surface area contributed by atoms with E-state index in [4.69, 9.17) is 4.74 Å². The minimum atomic E-state index is -0.922. The molecule has 1 aliphatic heterocycles. The van der Waals surface area contributed by atoms with Gasteiger partial charge in [-0.05, 0) is 65.6 Å². The third-order valence-electron chi connectivity index (χ3n) is 5.92. The number of benzene rings is 2. The van der Waals surface area contributed by atoms with Crippen molar-refractivity contribution in [2.45, 2.75) is 45.6 Å². The summed E-state index contributed by atoms with van der Waals surface area (Å²) in [5.41, 5.74) is -0.980. The van der Waals surface area contributed by atoms with Gasteiger partial charge in [-0.2, -0.15) is 0 Å². The molecular formula is C23H25BrN2O4. The van der Waals surface area contributed by atoms with Crippen LogP contribution in [0.25, 0.3) is 10.8 Å². The summed E-state index contributed by atoms with van der Waals surface area (Å²) in [7, 11) is 0. The van der Waals surface area contributed by atoms with Crippen LogP contribution in [-0.2, 0) is 9.59 Å². The molecule has 1 heterocycles. The molecule has 1 saturated carbocycles. The molecule has 30 heavy (non-hydrogen) atoms. The normalized spacial score (nSPS) is 25.6. The largest absolute Gasteiger partial charge is 0.425 e. The van der Waals surface area contributed by atoms with E-state index in [1.54, 1.807) is 12.1 Å². The Morgan fingerprint density at radius 2 is 1.87 bits per heavy atom. The predicted octanol–water partition coefficient (Wildman–Crippen LogP) is 4.64. The first kappa shape index (κ1) is 20.8. The molecule has 6 nitrogen and oxygen atoms in total. The van der Waals surface area contributed by atoms with Gasteiger partial charge in [0.05, 0.1) is 0 Å². The van der Waals surface area contributed by atoms with E-state index >= 15 is 0 Å². The van der Waals surface area contributed by atoms with Gasteiger partial charge in [-0.15, -0.1) is 0 Å². The molecule has 2 aromatic rings. The number of hydrogen-bond donors (Lipinski definition) is 1. The molecule has 1 saturated heterocycles. The van der Waals surface area contributed by atoms with E-state index in [2.05, 4.69) is 42.0 Å². The lowest BCUT2D eigenvalue weighted by molar-refractivity contribution is -0.142. The zero-order valence-corrected chi connectivity index (χ0v) is 18.9. The third-order valence-corrected chi connectivity index (χ3v) is 6.41. The Morgan fingerprint density at radius 1 is 1.17 bits per heavy atom. The summed E-state index contributed by atoms with van der Waals surface area (Å²) in [5.74, 6) is -0.283. The van der Waals surface area contributed by atoms with Crippen molar-refractivity contribution in [2.75, 3.05) is 6.54 Å². The highest BCUT2D eigenvalue weighted by Crippen LogP contribution is 2.46. The number of hydrogen-bond acceptors (Lipinski definition) is 4. The highest BCUT2D eigenvalue weighted by Gasteiger charge is 2.56. The monoisotopic (exact) mass is 472 g/mol. The number of ether oxygens (including phenoxy) is 1. The lowest BCUT2D eigenvalue weighted by Crippen LogP contribution is -2.54. The summed E-state index contributed by atoms with van der Waals surface area (Å²) in [6.07, 6.45) is 2.16. The number of esters is 1. The fourth-order valence-corrected chi connectivity index (χ4v) is 5.58. The number of carbonyl (C=O) groups excluding carboxylic acids is 3. The quantitative estimate of drug-likeness (QED) is 0.400. The van der Waals surface area contributed by atoms with Crippen molar-refractivity contribution in [1.29, 1.82) is 0 Å². The summed E-state index contributed by atoms with van der Waals surface area (Å²) in [5, 5.41) is 4.81.